The fourth-order valence-electron chi connectivity index (χ4n) is 1.48. The van der Waals surface area contributed by atoms with Gasteiger partial charge in [0.25, 0.3) is 0 Å². The Balaban J connectivity index is 0.000000982. The van der Waals surface area contributed by atoms with Crippen LogP contribution in [0, 0.1) is 5.41 Å². The van der Waals surface area contributed by atoms with Crippen molar-refractivity contribution in [1.29, 1.82) is 0 Å². The normalized spacial score (nSPS) is 12.3. The van der Waals surface area contributed by atoms with E-state index in [9.17, 15) is 4.79 Å². The van der Waals surface area contributed by atoms with Gasteiger partial charge in [-0.1, -0.05) is 71.4 Å². The molecule has 108 valence electrons. The van der Waals surface area contributed by atoms with Crippen molar-refractivity contribution < 1.29 is 4.79 Å². The largest absolute Gasteiger partial charge is 0.299 e. The molecule has 0 aliphatic rings. The van der Waals surface area contributed by atoms with Crippen molar-refractivity contribution in [1.82, 2.24) is 0 Å². The van der Waals surface area contributed by atoms with E-state index in [1.165, 1.54) is 12.0 Å². The Hall–Kier alpha value is -0.760. The summed E-state index contributed by atoms with van der Waals surface area (Å²) in [5, 5.41) is 0.285. The summed E-state index contributed by atoms with van der Waals surface area (Å²) in [5.41, 5.74) is 1.01. The SMILES string of the molecule is CCC.CSC(CC(=O)C(C)(C)C)c1ccccc1. The summed E-state index contributed by atoms with van der Waals surface area (Å²) >= 11 is 1.75. The van der Waals surface area contributed by atoms with Crippen molar-refractivity contribution in [3.05, 3.63) is 35.9 Å². The molecule has 0 bridgehead atoms. The molecule has 0 spiro atoms. The molecule has 19 heavy (non-hydrogen) atoms. The van der Waals surface area contributed by atoms with Crippen LogP contribution in [-0.2, 0) is 4.79 Å². The zero-order chi connectivity index (χ0) is 14.9. The van der Waals surface area contributed by atoms with E-state index in [0.717, 1.165) is 0 Å². The van der Waals surface area contributed by atoms with E-state index in [-0.39, 0.29) is 10.7 Å². The van der Waals surface area contributed by atoms with Gasteiger partial charge in [-0.05, 0) is 11.8 Å². The smallest absolute Gasteiger partial charge is 0.139 e. The van der Waals surface area contributed by atoms with Gasteiger partial charge in [-0.15, -0.1) is 0 Å². The van der Waals surface area contributed by atoms with Gasteiger partial charge in [0, 0.05) is 17.1 Å². The van der Waals surface area contributed by atoms with Crippen molar-refractivity contribution in [3.63, 3.8) is 0 Å². The van der Waals surface area contributed by atoms with Gasteiger partial charge in [0.2, 0.25) is 0 Å². The van der Waals surface area contributed by atoms with Crippen LogP contribution < -0.4 is 0 Å². The van der Waals surface area contributed by atoms with Crippen LogP contribution in [0.4, 0.5) is 0 Å². The molecule has 0 amide bonds. The van der Waals surface area contributed by atoms with Crippen molar-refractivity contribution in [2.24, 2.45) is 5.41 Å². The van der Waals surface area contributed by atoms with Crippen molar-refractivity contribution >= 4 is 17.5 Å². The average molecular weight is 280 g/mol. The third kappa shape index (κ3) is 7.41. The van der Waals surface area contributed by atoms with Crippen molar-refractivity contribution in [2.75, 3.05) is 6.26 Å². The Bertz CT molecular complexity index is 351. The van der Waals surface area contributed by atoms with Crippen LogP contribution in [0.15, 0.2) is 30.3 Å². The van der Waals surface area contributed by atoms with E-state index < -0.39 is 0 Å². The van der Waals surface area contributed by atoms with Gasteiger partial charge in [0.1, 0.15) is 5.78 Å². The van der Waals surface area contributed by atoms with Crippen LogP contribution in [0.1, 0.15) is 58.3 Å². The molecule has 0 saturated carbocycles. The lowest BCUT2D eigenvalue weighted by Gasteiger charge is -2.21. The van der Waals surface area contributed by atoms with Crippen LogP contribution >= 0.6 is 11.8 Å². The quantitative estimate of drug-likeness (QED) is 0.723. The van der Waals surface area contributed by atoms with Gasteiger partial charge in [-0.2, -0.15) is 11.8 Å². The Kier molecular flexibility index (Phi) is 8.82. The summed E-state index contributed by atoms with van der Waals surface area (Å²) in [6, 6.07) is 10.3. The fourth-order valence-corrected chi connectivity index (χ4v) is 2.23. The Labute approximate surface area is 123 Å². The number of hydrogen-bond acceptors (Lipinski definition) is 2. The predicted molar refractivity (Wildman–Crippen MR) is 87.7 cm³/mol. The lowest BCUT2D eigenvalue weighted by atomic mass is 9.87. The Morgan fingerprint density at radius 3 is 2.00 bits per heavy atom. The van der Waals surface area contributed by atoms with Gasteiger partial charge in [-0.25, -0.2) is 0 Å². The van der Waals surface area contributed by atoms with E-state index in [2.05, 4.69) is 32.2 Å². The van der Waals surface area contributed by atoms with Crippen molar-refractivity contribution in [3.8, 4) is 0 Å². The molecule has 1 atom stereocenters. The number of Topliss-reactive ketones (excluding diaryl/α,β-unsaturated/α-hetero) is 1. The first-order valence-electron chi connectivity index (χ1n) is 6.97. The third-order valence-corrected chi connectivity index (χ3v) is 3.67. The maximum Gasteiger partial charge on any atom is 0.139 e. The van der Waals surface area contributed by atoms with Gasteiger partial charge in [-0.3, -0.25) is 4.79 Å². The summed E-state index contributed by atoms with van der Waals surface area (Å²) in [4.78, 5) is 12.0. The van der Waals surface area contributed by atoms with Gasteiger partial charge in [0.05, 0.1) is 0 Å². The van der Waals surface area contributed by atoms with Crippen LogP contribution in [0.2, 0.25) is 0 Å². The second-order valence-electron chi connectivity index (χ2n) is 5.72. The highest BCUT2D eigenvalue weighted by molar-refractivity contribution is 7.98. The monoisotopic (exact) mass is 280 g/mol. The minimum Gasteiger partial charge on any atom is -0.299 e. The van der Waals surface area contributed by atoms with Gasteiger partial charge < -0.3 is 0 Å². The molecule has 1 unspecified atom stereocenters. The molecule has 0 aliphatic heterocycles. The standard InChI is InChI=1S/C14H20OS.C3H8/c1-14(2,3)13(15)10-12(16-4)11-8-6-5-7-9-11;1-3-2/h5-9,12H,10H2,1-4H3;3H2,1-2H3. The highest BCUT2D eigenvalue weighted by atomic mass is 32.2. The van der Waals surface area contributed by atoms with Crippen LogP contribution in [0.3, 0.4) is 0 Å². The van der Waals surface area contributed by atoms with E-state index in [4.69, 9.17) is 0 Å². The topological polar surface area (TPSA) is 17.1 Å². The first-order valence-corrected chi connectivity index (χ1v) is 8.26. The van der Waals surface area contributed by atoms with E-state index in [1.807, 2.05) is 39.0 Å². The minimum absolute atomic E-state index is 0.233. The summed E-state index contributed by atoms with van der Waals surface area (Å²) in [5.74, 6) is 0.329. The van der Waals surface area contributed by atoms with Gasteiger partial charge >= 0.3 is 0 Å². The second-order valence-corrected chi connectivity index (χ2v) is 6.76. The number of thioether (sulfide) groups is 1. The molecule has 0 saturated heterocycles. The fraction of sp³-hybridized carbons (Fsp3) is 0.588. The number of carbonyl (C=O) groups is 1. The maximum atomic E-state index is 12.0. The average Bonchev–Trinajstić information content (AvgIpc) is 2.36. The summed E-state index contributed by atoms with van der Waals surface area (Å²) in [7, 11) is 0. The summed E-state index contributed by atoms with van der Waals surface area (Å²) in [6.45, 7) is 10.2. The molecular formula is C17H28OS. The molecule has 0 fully saturated rings. The molecule has 0 aromatic heterocycles. The molecule has 1 rings (SSSR count). The van der Waals surface area contributed by atoms with E-state index in [1.54, 1.807) is 11.8 Å². The Morgan fingerprint density at radius 2 is 1.63 bits per heavy atom. The molecule has 0 aliphatic carbocycles. The number of rotatable bonds is 4. The molecule has 1 aromatic carbocycles. The first-order chi connectivity index (χ1) is 8.86. The maximum absolute atomic E-state index is 12.0. The zero-order valence-electron chi connectivity index (χ0n) is 13.2. The number of carbonyl (C=O) groups excluding carboxylic acids is 1. The summed E-state index contributed by atoms with van der Waals surface area (Å²) in [6.07, 6.45) is 3.93. The highest BCUT2D eigenvalue weighted by Crippen LogP contribution is 2.33. The first kappa shape index (κ1) is 18.2. The van der Waals surface area contributed by atoms with E-state index >= 15 is 0 Å². The Morgan fingerprint density at radius 1 is 1.16 bits per heavy atom. The number of hydrogen-bond donors (Lipinski definition) is 0. The van der Waals surface area contributed by atoms with Crippen LogP contribution in [0.25, 0.3) is 0 Å². The third-order valence-electron chi connectivity index (χ3n) is 2.66. The second kappa shape index (κ2) is 9.19. The lowest BCUT2D eigenvalue weighted by Crippen LogP contribution is -2.21. The summed E-state index contributed by atoms with van der Waals surface area (Å²) < 4.78 is 0. The predicted octanol–water partition coefficient (Wildman–Crippen LogP) is 5.51. The minimum atomic E-state index is -0.233. The highest BCUT2D eigenvalue weighted by Gasteiger charge is 2.24. The molecule has 0 radical (unpaired) electrons. The molecular weight excluding hydrogens is 252 g/mol. The lowest BCUT2D eigenvalue weighted by molar-refractivity contribution is -0.126. The van der Waals surface area contributed by atoms with Gasteiger partial charge in [0.15, 0.2) is 0 Å². The van der Waals surface area contributed by atoms with Crippen LogP contribution in [-0.4, -0.2) is 12.0 Å². The number of ketones is 1. The zero-order valence-corrected chi connectivity index (χ0v) is 14.0. The molecule has 0 heterocycles. The molecule has 0 N–H and O–H groups in total. The number of benzene rings is 1. The van der Waals surface area contributed by atoms with Crippen molar-refractivity contribution in [2.45, 2.75) is 52.7 Å². The van der Waals surface area contributed by atoms with Crippen LogP contribution in [0.5, 0.6) is 0 Å². The molecule has 2 heteroatoms. The van der Waals surface area contributed by atoms with E-state index in [0.29, 0.717) is 12.2 Å². The molecule has 1 nitrogen and oxygen atoms in total. The molecule has 1 aromatic rings.